The molecule has 2 unspecified atom stereocenters. The Morgan fingerprint density at radius 2 is 1.71 bits per heavy atom. The zero-order chi connectivity index (χ0) is 24.2. The minimum Gasteiger partial charge on any atom is -0.378 e. The van der Waals surface area contributed by atoms with Gasteiger partial charge in [-0.25, -0.2) is 8.42 Å². The van der Waals surface area contributed by atoms with Crippen molar-refractivity contribution in [1.82, 2.24) is 0 Å². The third kappa shape index (κ3) is 3.87. The van der Waals surface area contributed by atoms with Crippen molar-refractivity contribution in [2.45, 2.75) is 37.3 Å². The van der Waals surface area contributed by atoms with Gasteiger partial charge in [-0.05, 0) is 78.1 Å². The molecule has 0 aromatic heterocycles. The monoisotopic (exact) mass is 484 g/mol. The average molecular weight is 485 g/mol. The minimum atomic E-state index is -3.73. The van der Waals surface area contributed by atoms with E-state index in [2.05, 4.69) is 52.5 Å². The molecule has 2 heterocycles. The van der Waals surface area contributed by atoms with Gasteiger partial charge in [-0.3, -0.25) is 4.72 Å². The van der Waals surface area contributed by atoms with Crippen LogP contribution in [0.25, 0.3) is 10.8 Å². The van der Waals surface area contributed by atoms with E-state index in [1.165, 1.54) is 16.3 Å². The molecule has 2 aliphatic heterocycles. The fourth-order valence-electron chi connectivity index (χ4n) is 5.47. The summed E-state index contributed by atoms with van der Waals surface area (Å²) >= 11 is 0. The van der Waals surface area contributed by atoms with Gasteiger partial charge in [0.2, 0.25) is 0 Å². The highest BCUT2D eigenvalue weighted by Gasteiger charge is 2.42. The third-order valence-corrected chi connectivity index (χ3v) is 8.81. The summed E-state index contributed by atoms with van der Waals surface area (Å²) < 4.78 is 35.4. The second-order valence-corrected chi connectivity index (χ2v) is 11.3. The highest BCUT2D eigenvalue weighted by atomic mass is 32.2. The van der Waals surface area contributed by atoms with Crippen LogP contribution in [0.1, 0.15) is 40.8 Å². The highest BCUT2D eigenvalue weighted by molar-refractivity contribution is 7.92. The summed E-state index contributed by atoms with van der Waals surface area (Å²) in [4.78, 5) is 0.245. The molecular weight excluding hydrogens is 456 g/mol. The number of hydrogen-bond donors (Lipinski definition) is 2. The van der Waals surface area contributed by atoms with E-state index in [-0.39, 0.29) is 23.0 Å². The van der Waals surface area contributed by atoms with E-state index in [0.717, 1.165) is 28.8 Å². The zero-order valence-corrected chi connectivity index (χ0v) is 20.6. The molecule has 4 aromatic rings. The summed E-state index contributed by atoms with van der Waals surface area (Å²) in [7, 11) is -3.73. The maximum Gasteiger partial charge on any atom is 0.261 e. The summed E-state index contributed by atoms with van der Waals surface area (Å²) in [6, 6.07) is 25.9. The van der Waals surface area contributed by atoms with Gasteiger partial charge in [0, 0.05) is 29.5 Å². The molecule has 0 spiro atoms. The van der Waals surface area contributed by atoms with Gasteiger partial charge in [0.1, 0.15) is 0 Å². The molecule has 1 fully saturated rings. The second kappa shape index (κ2) is 8.40. The Balaban J connectivity index is 1.36. The Morgan fingerprint density at radius 3 is 2.57 bits per heavy atom. The minimum absolute atomic E-state index is 0.0946. The van der Waals surface area contributed by atoms with Crippen molar-refractivity contribution >= 4 is 32.2 Å². The SMILES string of the molecule is Cc1ccc(NS(=O)(=O)c2ccc3c(c2)C2OCC[C@H]2C(c2cccc4ccccc24)N3)cc1C. The molecule has 0 aliphatic carbocycles. The number of hydrogen-bond acceptors (Lipinski definition) is 4. The normalized spacial score (nSPS) is 21.3. The maximum absolute atomic E-state index is 13.2. The van der Waals surface area contributed by atoms with Crippen molar-refractivity contribution in [2.75, 3.05) is 16.6 Å². The molecule has 6 rings (SSSR count). The summed E-state index contributed by atoms with van der Waals surface area (Å²) in [5.74, 6) is 0.221. The van der Waals surface area contributed by atoms with E-state index < -0.39 is 10.0 Å². The van der Waals surface area contributed by atoms with E-state index in [9.17, 15) is 8.42 Å². The van der Waals surface area contributed by atoms with Gasteiger partial charge in [0.05, 0.1) is 17.0 Å². The molecule has 178 valence electrons. The van der Waals surface area contributed by atoms with Crippen molar-refractivity contribution < 1.29 is 13.2 Å². The molecular formula is C29H28N2O3S. The number of aryl methyl sites for hydroxylation is 2. The highest BCUT2D eigenvalue weighted by Crippen LogP contribution is 2.51. The smallest absolute Gasteiger partial charge is 0.261 e. The quantitative estimate of drug-likeness (QED) is 0.347. The van der Waals surface area contributed by atoms with Crippen LogP contribution in [0.2, 0.25) is 0 Å². The van der Waals surface area contributed by atoms with Crippen LogP contribution in [0.15, 0.2) is 83.8 Å². The van der Waals surface area contributed by atoms with Crippen molar-refractivity contribution in [3.8, 4) is 0 Å². The average Bonchev–Trinajstić information content (AvgIpc) is 3.35. The molecule has 0 radical (unpaired) electrons. The molecule has 1 saturated heterocycles. The van der Waals surface area contributed by atoms with Gasteiger partial charge in [0.25, 0.3) is 10.0 Å². The van der Waals surface area contributed by atoms with Crippen LogP contribution >= 0.6 is 0 Å². The van der Waals surface area contributed by atoms with Crippen molar-refractivity contribution in [3.63, 3.8) is 0 Å². The number of sulfonamides is 1. The fraction of sp³-hybridized carbons (Fsp3) is 0.241. The Morgan fingerprint density at radius 1 is 0.886 bits per heavy atom. The zero-order valence-electron chi connectivity index (χ0n) is 19.8. The second-order valence-electron chi connectivity index (χ2n) is 9.59. The van der Waals surface area contributed by atoms with Crippen LogP contribution in [0, 0.1) is 19.8 Å². The molecule has 5 nitrogen and oxygen atoms in total. The standard InChI is InChI=1S/C29H28N2O3S/c1-18-10-11-21(16-19(18)2)31-35(32,33)22-12-13-27-26(17-22)29-25(14-15-34-29)28(30-27)24-9-5-7-20-6-3-4-8-23(20)24/h3-13,16-17,25,28-31H,14-15H2,1-2H3/t25-,28?,29?/m0/s1. The first kappa shape index (κ1) is 22.1. The third-order valence-electron chi connectivity index (χ3n) is 7.43. The molecule has 3 atom stereocenters. The maximum atomic E-state index is 13.2. The topological polar surface area (TPSA) is 67.4 Å². The fourth-order valence-corrected chi connectivity index (χ4v) is 6.55. The summed E-state index contributed by atoms with van der Waals surface area (Å²) in [5, 5.41) is 6.17. The van der Waals surface area contributed by atoms with Gasteiger partial charge in [0.15, 0.2) is 0 Å². The number of fused-ring (bicyclic) bond motifs is 4. The van der Waals surface area contributed by atoms with Crippen molar-refractivity contribution in [1.29, 1.82) is 0 Å². The largest absolute Gasteiger partial charge is 0.378 e. The summed E-state index contributed by atoms with van der Waals surface area (Å²) in [6.45, 7) is 4.64. The first-order chi connectivity index (χ1) is 16.9. The van der Waals surface area contributed by atoms with E-state index in [0.29, 0.717) is 12.3 Å². The van der Waals surface area contributed by atoms with Crippen molar-refractivity contribution in [3.05, 3.63) is 101 Å². The summed E-state index contributed by atoms with van der Waals surface area (Å²) in [6.07, 6.45) is 0.773. The number of anilines is 2. The lowest BCUT2D eigenvalue weighted by atomic mass is 9.80. The van der Waals surface area contributed by atoms with Crippen LogP contribution in [-0.4, -0.2) is 15.0 Å². The number of ether oxygens (including phenoxy) is 1. The van der Waals surface area contributed by atoms with Crippen LogP contribution in [0.4, 0.5) is 11.4 Å². The first-order valence-electron chi connectivity index (χ1n) is 12.0. The van der Waals surface area contributed by atoms with Gasteiger partial charge >= 0.3 is 0 Å². The van der Waals surface area contributed by atoms with Gasteiger partial charge < -0.3 is 10.1 Å². The summed E-state index contributed by atoms with van der Waals surface area (Å²) in [5.41, 5.74) is 5.82. The van der Waals surface area contributed by atoms with Gasteiger partial charge in [-0.2, -0.15) is 0 Å². The lowest BCUT2D eigenvalue weighted by Gasteiger charge is -2.37. The molecule has 4 aromatic carbocycles. The van der Waals surface area contributed by atoms with E-state index >= 15 is 0 Å². The van der Waals surface area contributed by atoms with Crippen molar-refractivity contribution in [2.24, 2.45) is 5.92 Å². The number of rotatable bonds is 4. The number of benzene rings is 4. The van der Waals surface area contributed by atoms with E-state index in [1.807, 2.05) is 32.0 Å². The molecule has 0 saturated carbocycles. The van der Waals surface area contributed by atoms with E-state index in [1.54, 1.807) is 18.2 Å². The molecule has 6 heteroatoms. The Labute approximate surface area is 206 Å². The van der Waals surface area contributed by atoms with Crippen LogP contribution in [-0.2, 0) is 14.8 Å². The predicted molar refractivity (Wildman–Crippen MR) is 140 cm³/mol. The Kier molecular flexibility index (Phi) is 5.31. The lowest BCUT2D eigenvalue weighted by molar-refractivity contribution is 0.0829. The Bertz CT molecular complexity index is 1540. The molecule has 2 aliphatic rings. The van der Waals surface area contributed by atoms with E-state index in [4.69, 9.17) is 4.74 Å². The van der Waals surface area contributed by atoms with Crippen LogP contribution in [0.3, 0.4) is 0 Å². The van der Waals surface area contributed by atoms with Gasteiger partial charge in [-0.1, -0.05) is 48.5 Å². The lowest BCUT2D eigenvalue weighted by Crippen LogP contribution is -2.29. The predicted octanol–water partition coefficient (Wildman–Crippen LogP) is 6.50. The number of nitrogens with one attached hydrogen (secondary N) is 2. The molecule has 2 N–H and O–H groups in total. The van der Waals surface area contributed by atoms with Gasteiger partial charge in [-0.15, -0.1) is 0 Å². The molecule has 35 heavy (non-hydrogen) atoms. The van der Waals surface area contributed by atoms with Crippen LogP contribution in [0.5, 0.6) is 0 Å². The van der Waals surface area contributed by atoms with Crippen LogP contribution < -0.4 is 10.0 Å². The first-order valence-corrected chi connectivity index (χ1v) is 13.5. The molecule has 0 amide bonds. The molecule has 0 bridgehead atoms. The Hall–Kier alpha value is -3.35.